The van der Waals surface area contributed by atoms with Crippen LogP contribution >= 0.6 is 11.6 Å². The summed E-state index contributed by atoms with van der Waals surface area (Å²) in [6.45, 7) is 0.844. The van der Waals surface area contributed by atoms with Crippen molar-refractivity contribution in [2.24, 2.45) is 0 Å². The van der Waals surface area contributed by atoms with Gasteiger partial charge >= 0.3 is 0 Å². The predicted molar refractivity (Wildman–Crippen MR) is 108 cm³/mol. The van der Waals surface area contributed by atoms with E-state index in [1.807, 2.05) is 0 Å². The van der Waals surface area contributed by atoms with Gasteiger partial charge in [0.2, 0.25) is 15.0 Å². The Kier molecular flexibility index (Phi) is 4.32. The van der Waals surface area contributed by atoms with Crippen LogP contribution in [0.25, 0.3) is 10.9 Å². The van der Waals surface area contributed by atoms with Gasteiger partial charge in [-0.1, -0.05) is 11.6 Å². The second-order valence-corrected chi connectivity index (χ2v) is 9.87. The molecule has 1 saturated carbocycles. The molecule has 0 spiro atoms. The zero-order valence-corrected chi connectivity index (χ0v) is 17.8. The van der Waals surface area contributed by atoms with Gasteiger partial charge in [-0.25, -0.2) is 22.8 Å². The molecule has 0 aromatic carbocycles. The first-order valence-electron chi connectivity index (χ1n) is 9.41. The van der Waals surface area contributed by atoms with E-state index in [-0.39, 0.29) is 23.8 Å². The van der Waals surface area contributed by atoms with Gasteiger partial charge in [0.15, 0.2) is 11.0 Å². The molecule has 1 fully saturated rings. The van der Waals surface area contributed by atoms with Crippen molar-refractivity contribution in [1.82, 2.24) is 24.3 Å². The molecule has 0 atom stereocenters. The minimum atomic E-state index is -3.91. The van der Waals surface area contributed by atoms with E-state index in [9.17, 15) is 18.5 Å². The van der Waals surface area contributed by atoms with Gasteiger partial charge in [-0.2, -0.15) is 10.4 Å². The van der Waals surface area contributed by atoms with E-state index in [2.05, 4.69) is 21.1 Å². The van der Waals surface area contributed by atoms with Gasteiger partial charge < -0.3 is 4.90 Å². The first-order valence-corrected chi connectivity index (χ1v) is 11.7. The SMILES string of the molecule is CS(=O)(=O)c1nc(N2CCn3ncc(C#N)c3C2)c2c(=O)n(C3CC3)c(Cl)c(F)c2n1. The summed E-state index contributed by atoms with van der Waals surface area (Å²) in [5.41, 5.74) is -0.0511. The van der Waals surface area contributed by atoms with Crippen LogP contribution in [-0.4, -0.2) is 45.5 Å². The predicted octanol–water partition coefficient (Wildman–Crippen LogP) is 1.41. The van der Waals surface area contributed by atoms with Crippen LogP contribution in [0.3, 0.4) is 0 Å². The highest BCUT2D eigenvalue weighted by molar-refractivity contribution is 7.90. The van der Waals surface area contributed by atoms with Crippen molar-refractivity contribution in [2.45, 2.75) is 37.1 Å². The van der Waals surface area contributed by atoms with Crippen LogP contribution in [0.1, 0.15) is 30.1 Å². The van der Waals surface area contributed by atoms with Crippen LogP contribution in [0.5, 0.6) is 0 Å². The number of halogens is 2. The Hall–Kier alpha value is -3.04. The molecule has 0 radical (unpaired) electrons. The van der Waals surface area contributed by atoms with Gasteiger partial charge in [-0.15, -0.1) is 0 Å². The Bertz CT molecular complexity index is 1470. The van der Waals surface area contributed by atoms with Crippen molar-refractivity contribution in [3.8, 4) is 6.07 Å². The lowest BCUT2D eigenvalue weighted by atomic mass is 10.2. The maximum Gasteiger partial charge on any atom is 0.265 e. The molecular formula is C18H15ClFN7O3S. The van der Waals surface area contributed by atoms with Crippen LogP contribution in [0, 0.1) is 17.1 Å². The third-order valence-corrected chi connectivity index (χ3v) is 6.63. The van der Waals surface area contributed by atoms with E-state index in [0.717, 1.165) is 6.26 Å². The van der Waals surface area contributed by atoms with Crippen molar-refractivity contribution in [2.75, 3.05) is 17.7 Å². The molecule has 4 heterocycles. The summed E-state index contributed by atoms with van der Waals surface area (Å²) in [7, 11) is -3.91. The molecule has 0 amide bonds. The second-order valence-electron chi connectivity index (χ2n) is 7.60. The number of nitriles is 1. The maximum absolute atomic E-state index is 15.2. The summed E-state index contributed by atoms with van der Waals surface area (Å²) < 4.78 is 42.4. The average Bonchev–Trinajstić information content (AvgIpc) is 3.48. The fraction of sp³-hybridized carbons (Fsp3) is 0.389. The monoisotopic (exact) mass is 463 g/mol. The lowest BCUT2D eigenvalue weighted by Gasteiger charge is -2.29. The lowest BCUT2D eigenvalue weighted by Crippen LogP contribution is -2.36. The topological polar surface area (TPSA) is 127 Å². The molecule has 13 heteroatoms. The van der Waals surface area contributed by atoms with E-state index < -0.39 is 37.0 Å². The van der Waals surface area contributed by atoms with Gasteiger partial charge in [0.05, 0.1) is 30.5 Å². The van der Waals surface area contributed by atoms with Crippen molar-refractivity contribution >= 4 is 38.2 Å². The molecule has 0 saturated heterocycles. The highest BCUT2D eigenvalue weighted by Crippen LogP contribution is 2.38. The molecule has 0 N–H and O–H groups in total. The molecular weight excluding hydrogens is 449 g/mol. The number of anilines is 1. The molecule has 0 unspecified atom stereocenters. The number of rotatable bonds is 3. The first kappa shape index (κ1) is 19.9. The van der Waals surface area contributed by atoms with Crippen molar-refractivity contribution in [3.05, 3.63) is 38.8 Å². The molecule has 10 nitrogen and oxygen atoms in total. The fourth-order valence-electron chi connectivity index (χ4n) is 3.77. The molecule has 5 rings (SSSR count). The van der Waals surface area contributed by atoms with Gasteiger partial charge in [0.25, 0.3) is 5.56 Å². The molecule has 160 valence electrons. The van der Waals surface area contributed by atoms with Crippen molar-refractivity contribution in [3.63, 3.8) is 0 Å². The molecule has 3 aromatic heterocycles. The number of hydrogen-bond acceptors (Lipinski definition) is 8. The van der Waals surface area contributed by atoms with Crippen LogP contribution < -0.4 is 10.5 Å². The molecule has 3 aromatic rings. The molecule has 2 aliphatic rings. The van der Waals surface area contributed by atoms with Crippen LogP contribution in [0.4, 0.5) is 10.2 Å². The van der Waals surface area contributed by atoms with Crippen LogP contribution in [0.15, 0.2) is 16.1 Å². The van der Waals surface area contributed by atoms with E-state index in [0.29, 0.717) is 37.2 Å². The summed E-state index contributed by atoms with van der Waals surface area (Å²) in [4.78, 5) is 22.9. The number of pyridine rings is 1. The lowest BCUT2D eigenvalue weighted by molar-refractivity contribution is 0.515. The number of fused-ring (bicyclic) bond motifs is 2. The minimum absolute atomic E-state index is 0.00303. The van der Waals surface area contributed by atoms with Gasteiger partial charge in [-0.3, -0.25) is 14.0 Å². The highest BCUT2D eigenvalue weighted by atomic mass is 35.5. The molecule has 0 bridgehead atoms. The van der Waals surface area contributed by atoms with Crippen LogP contribution in [0.2, 0.25) is 5.15 Å². The van der Waals surface area contributed by atoms with E-state index in [1.165, 1.54) is 10.8 Å². The summed E-state index contributed by atoms with van der Waals surface area (Å²) in [5, 5.41) is 12.4. The zero-order valence-electron chi connectivity index (χ0n) is 16.2. The molecule has 31 heavy (non-hydrogen) atoms. The number of nitrogens with zero attached hydrogens (tertiary/aromatic N) is 7. The normalized spacial score (nSPS) is 16.4. The second kappa shape index (κ2) is 6.73. The van der Waals surface area contributed by atoms with E-state index in [1.54, 1.807) is 9.58 Å². The summed E-state index contributed by atoms with van der Waals surface area (Å²) >= 11 is 6.13. The largest absolute Gasteiger partial charge is 0.348 e. The first-order chi connectivity index (χ1) is 14.7. The van der Waals surface area contributed by atoms with Gasteiger partial charge in [-0.05, 0) is 12.8 Å². The third kappa shape index (κ3) is 3.07. The zero-order chi connectivity index (χ0) is 22.1. The Morgan fingerprint density at radius 1 is 1.29 bits per heavy atom. The average molecular weight is 464 g/mol. The summed E-state index contributed by atoms with van der Waals surface area (Å²) in [6, 6.07) is 1.84. The van der Waals surface area contributed by atoms with E-state index in [4.69, 9.17) is 11.6 Å². The Balaban J connectivity index is 1.81. The number of aromatic nitrogens is 5. The summed E-state index contributed by atoms with van der Waals surface area (Å²) in [5.74, 6) is -0.965. The number of hydrogen-bond donors (Lipinski definition) is 0. The Labute approximate surface area is 180 Å². The van der Waals surface area contributed by atoms with E-state index >= 15 is 4.39 Å². The fourth-order valence-corrected chi connectivity index (χ4v) is 4.58. The molecule has 1 aliphatic carbocycles. The third-order valence-electron chi connectivity index (χ3n) is 5.44. The maximum atomic E-state index is 15.2. The van der Waals surface area contributed by atoms with Crippen molar-refractivity contribution in [1.29, 1.82) is 5.26 Å². The summed E-state index contributed by atoms with van der Waals surface area (Å²) in [6.07, 6.45) is 3.73. The van der Waals surface area contributed by atoms with Gasteiger partial charge in [0.1, 0.15) is 22.8 Å². The Morgan fingerprint density at radius 2 is 2.03 bits per heavy atom. The standard InChI is InChI=1S/C18H15ClFN7O3S/c1-31(29,30)18-23-14-12(17(28)27(10-2-3-10)15(19)13(14)20)16(24-18)25-4-5-26-11(8-25)9(6-21)7-22-26/h7,10H,2-5,8H2,1H3. The van der Waals surface area contributed by atoms with Crippen molar-refractivity contribution < 1.29 is 12.8 Å². The molecule has 1 aliphatic heterocycles. The van der Waals surface area contributed by atoms with Crippen LogP contribution in [-0.2, 0) is 22.9 Å². The quantitative estimate of drug-likeness (QED) is 0.421. The van der Waals surface area contributed by atoms with Gasteiger partial charge in [0, 0.05) is 18.8 Å². The highest BCUT2D eigenvalue weighted by Gasteiger charge is 2.33. The smallest absolute Gasteiger partial charge is 0.265 e. The number of sulfone groups is 1. The minimum Gasteiger partial charge on any atom is -0.348 e. The Morgan fingerprint density at radius 3 is 2.68 bits per heavy atom.